The molecule has 0 aliphatic heterocycles. The molecule has 1 saturated carbocycles. The van der Waals surface area contributed by atoms with Gasteiger partial charge in [0.1, 0.15) is 0 Å². The van der Waals surface area contributed by atoms with E-state index in [0.29, 0.717) is 6.04 Å². The van der Waals surface area contributed by atoms with E-state index in [-0.39, 0.29) is 0 Å². The summed E-state index contributed by atoms with van der Waals surface area (Å²) in [5.41, 5.74) is 0. The first-order valence-corrected chi connectivity index (χ1v) is 7.25. The molecule has 0 saturated heterocycles. The summed E-state index contributed by atoms with van der Waals surface area (Å²) in [6.07, 6.45) is 5.33. The number of nitrogens with zero attached hydrogens (tertiary/aromatic N) is 2. The lowest BCUT2D eigenvalue weighted by Gasteiger charge is -2.30. The minimum atomic E-state index is 0.709. The molecule has 0 aromatic rings. The van der Waals surface area contributed by atoms with Crippen molar-refractivity contribution in [3.63, 3.8) is 0 Å². The molecule has 3 heteroatoms. The smallest absolute Gasteiger partial charge is 0.0112 e. The molecular weight excluding hydrogens is 210 g/mol. The Hall–Kier alpha value is -0.120. The summed E-state index contributed by atoms with van der Waals surface area (Å²) < 4.78 is 0. The van der Waals surface area contributed by atoms with Crippen LogP contribution in [0.15, 0.2) is 0 Å². The summed E-state index contributed by atoms with van der Waals surface area (Å²) >= 11 is 0. The van der Waals surface area contributed by atoms with Crippen LogP contribution in [0, 0.1) is 0 Å². The molecule has 0 aromatic heterocycles. The van der Waals surface area contributed by atoms with Gasteiger partial charge in [-0.3, -0.25) is 4.90 Å². The van der Waals surface area contributed by atoms with Crippen molar-refractivity contribution < 1.29 is 0 Å². The van der Waals surface area contributed by atoms with Crippen LogP contribution >= 0.6 is 0 Å². The van der Waals surface area contributed by atoms with E-state index in [9.17, 15) is 0 Å². The van der Waals surface area contributed by atoms with Crippen LogP contribution in [0.25, 0.3) is 0 Å². The van der Waals surface area contributed by atoms with Crippen molar-refractivity contribution in [2.75, 3.05) is 40.3 Å². The molecule has 0 heterocycles. The summed E-state index contributed by atoms with van der Waals surface area (Å²) in [7, 11) is 4.31. The first-order chi connectivity index (χ1) is 8.13. The standard InChI is InChI=1S/C14H31N3/c1-5-10-17(12-11-16(3)4)13(2)8-9-15-14-6-7-14/h13-15H,5-12H2,1-4H3. The average Bonchev–Trinajstić information content (AvgIpc) is 3.07. The zero-order valence-corrected chi connectivity index (χ0v) is 12.2. The van der Waals surface area contributed by atoms with Crippen LogP contribution in [0.3, 0.4) is 0 Å². The summed E-state index contributed by atoms with van der Waals surface area (Å²) in [5, 5.41) is 3.61. The SMILES string of the molecule is CCCN(CCN(C)C)C(C)CCNC1CC1. The molecule has 1 aliphatic rings. The molecule has 0 bridgehead atoms. The summed E-state index contributed by atoms with van der Waals surface area (Å²) in [5.74, 6) is 0. The van der Waals surface area contributed by atoms with E-state index in [1.807, 2.05) is 0 Å². The lowest BCUT2D eigenvalue weighted by atomic mass is 10.2. The third-order valence-corrected chi connectivity index (χ3v) is 3.54. The molecule has 1 aliphatic carbocycles. The zero-order valence-electron chi connectivity index (χ0n) is 12.2. The molecular formula is C14H31N3. The Balaban J connectivity index is 2.17. The quantitative estimate of drug-likeness (QED) is 0.629. The molecule has 1 fully saturated rings. The fourth-order valence-corrected chi connectivity index (χ4v) is 2.13. The number of likely N-dealkylation sites (N-methyl/N-ethyl adjacent to an activating group) is 1. The Labute approximate surface area is 108 Å². The van der Waals surface area contributed by atoms with E-state index in [0.717, 1.165) is 6.04 Å². The predicted molar refractivity (Wildman–Crippen MR) is 75.5 cm³/mol. The Morgan fingerprint density at radius 1 is 1.18 bits per heavy atom. The van der Waals surface area contributed by atoms with E-state index in [1.165, 1.54) is 51.9 Å². The second kappa shape index (κ2) is 8.06. The average molecular weight is 241 g/mol. The van der Waals surface area contributed by atoms with Gasteiger partial charge in [-0.25, -0.2) is 0 Å². The first kappa shape index (κ1) is 14.9. The van der Waals surface area contributed by atoms with Gasteiger partial charge in [0.2, 0.25) is 0 Å². The molecule has 1 atom stereocenters. The van der Waals surface area contributed by atoms with Gasteiger partial charge in [-0.15, -0.1) is 0 Å². The van der Waals surface area contributed by atoms with Gasteiger partial charge in [0.25, 0.3) is 0 Å². The largest absolute Gasteiger partial charge is 0.314 e. The Bertz CT molecular complexity index is 190. The van der Waals surface area contributed by atoms with Crippen molar-refractivity contribution in [3.05, 3.63) is 0 Å². The fourth-order valence-electron chi connectivity index (χ4n) is 2.13. The maximum Gasteiger partial charge on any atom is 0.0112 e. The van der Waals surface area contributed by atoms with Gasteiger partial charge in [-0.1, -0.05) is 6.92 Å². The van der Waals surface area contributed by atoms with Crippen molar-refractivity contribution in [2.24, 2.45) is 0 Å². The van der Waals surface area contributed by atoms with Crippen molar-refractivity contribution in [1.29, 1.82) is 0 Å². The number of rotatable bonds is 10. The maximum atomic E-state index is 3.61. The Morgan fingerprint density at radius 3 is 2.41 bits per heavy atom. The van der Waals surface area contributed by atoms with Crippen LogP contribution in [-0.2, 0) is 0 Å². The molecule has 0 radical (unpaired) electrons. The number of hydrogen-bond donors (Lipinski definition) is 1. The molecule has 0 aromatic carbocycles. The summed E-state index contributed by atoms with van der Waals surface area (Å²) in [6, 6.07) is 1.56. The molecule has 1 rings (SSSR count). The maximum absolute atomic E-state index is 3.61. The number of nitrogens with one attached hydrogen (secondary N) is 1. The lowest BCUT2D eigenvalue weighted by Crippen LogP contribution is -2.40. The third-order valence-electron chi connectivity index (χ3n) is 3.54. The van der Waals surface area contributed by atoms with Crippen molar-refractivity contribution in [2.45, 2.75) is 51.6 Å². The molecule has 0 amide bonds. The molecule has 0 spiro atoms. The second-order valence-electron chi connectivity index (χ2n) is 5.71. The van der Waals surface area contributed by atoms with E-state index < -0.39 is 0 Å². The third kappa shape index (κ3) is 7.02. The van der Waals surface area contributed by atoms with E-state index >= 15 is 0 Å². The monoisotopic (exact) mass is 241 g/mol. The van der Waals surface area contributed by atoms with Crippen LogP contribution in [0.2, 0.25) is 0 Å². The minimum Gasteiger partial charge on any atom is -0.314 e. The normalized spacial score (nSPS) is 18.0. The van der Waals surface area contributed by atoms with Crippen LogP contribution in [0.1, 0.15) is 39.5 Å². The van der Waals surface area contributed by atoms with Gasteiger partial charge in [0.15, 0.2) is 0 Å². The number of hydrogen-bond acceptors (Lipinski definition) is 3. The van der Waals surface area contributed by atoms with E-state index in [2.05, 4.69) is 43.1 Å². The second-order valence-corrected chi connectivity index (χ2v) is 5.71. The van der Waals surface area contributed by atoms with Gasteiger partial charge in [0, 0.05) is 25.2 Å². The first-order valence-electron chi connectivity index (χ1n) is 7.25. The minimum absolute atomic E-state index is 0.709. The molecule has 1 unspecified atom stereocenters. The van der Waals surface area contributed by atoms with Gasteiger partial charge in [0.05, 0.1) is 0 Å². The highest BCUT2D eigenvalue weighted by Gasteiger charge is 2.20. The molecule has 102 valence electrons. The van der Waals surface area contributed by atoms with Gasteiger partial charge in [-0.05, 0) is 59.8 Å². The summed E-state index contributed by atoms with van der Waals surface area (Å²) in [6.45, 7) is 9.44. The summed E-state index contributed by atoms with van der Waals surface area (Å²) in [4.78, 5) is 4.91. The highest BCUT2D eigenvalue weighted by Crippen LogP contribution is 2.18. The van der Waals surface area contributed by atoms with Crippen LogP contribution in [-0.4, -0.2) is 62.2 Å². The lowest BCUT2D eigenvalue weighted by molar-refractivity contribution is 0.180. The van der Waals surface area contributed by atoms with E-state index in [1.54, 1.807) is 0 Å². The molecule has 3 nitrogen and oxygen atoms in total. The Kier molecular flexibility index (Phi) is 7.09. The van der Waals surface area contributed by atoms with Crippen molar-refractivity contribution in [3.8, 4) is 0 Å². The zero-order chi connectivity index (χ0) is 12.7. The molecule has 17 heavy (non-hydrogen) atoms. The van der Waals surface area contributed by atoms with Crippen molar-refractivity contribution in [1.82, 2.24) is 15.1 Å². The van der Waals surface area contributed by atoms with Crippen LogP contribution in [0.4, 0.5) is 0 Å². The topological polar surface area (TPSA) is 18.5 Å². The van der Waals surface area contributed by atoms with E-state index in [4.69, 9.17) is 0 Å². The fraction of sp³-hybridized carbons (Fsp3) is 1.00. The molecule has 1 N–H and O–H groups in total. The van der Waals surface area contributed by atoms with Gasteiger partial charge < -0.3 is 10.2 Å². The van der Waals surface area contributed by atoms with Crippen molar-refractivity contribution >= 4 is 0 Å². The van der Waals surface area contributed by atoms with Crippen LogP contribution in [0.5, 0.6) is 0 Å². The van der Waals surface area contributed by atoms with Gasteiger partial charge in [-0.2, -0.15) is 0 Å². The highest BCUT2D eigenvalue weighted by molar-refractivity contribution is 4.81. The van der Waals surface area contributed by atoms with Crippen LogP contribution < -0.4 is 5.32 Å². The highest BCUT2D eigenvalue weighted by atomic mass is 15.2. The Morgan fingerprint density at radius 2 is 1.88 bits per heavy atom. The predicted octanol–water partition coefficient (Wildman–Crippen LogP) is 1.79. The van der Waals surface area contributed by atoms with Gasteiger partial charge >= 0.3 is 0 Å².